The number of nitrogens with zero attached hydrogens (tertiary/aromatic N) is 2. The number of carboxylic acids is 1. The zero-order valence-corrected chi connectivity index (χ0v) is 18.0. The molecule has 11 heteroatoms. The first-order valence-corrected chi connectivity index (χ1v) is 11.1. The van der Waals surface area contributed by atoms with Crippen molar-refractivity contribution in [3.63, 3.8) is 0 Å². The van der Waals surface area contributed by atoms with Crippen LogP contribution < -0.4 is 16.0 Å². The van der Waals surface area contributed by atoms with Crippen LogP contribution in [0.25, 0.3) is 0 Å². The van der Waals surface area contributed by atoms with Crippen LogP contribution in [0.1, 0.15) is 49.1 Å². The predicted octanol–water partition coefficient (Wildman–Crippen LogP) is -0.00780. The topological polar surface area (TPSA) is 154 Å². The van der Waals surface area contributed by atoms with Crippen molar-refractivity contribution in [2.24, 2.45) is 11.8 Å². The number of carboxylic acid groups (broad SMARTS) is 1. The summed E-state index contributed by atoms with van der Waals surface area (Å²) in [5, 5.41) is 21.0. The first-order valence-electron chi connectivity index (χ1n) is 11.1. The summed E-state index contributed by atoms with van der Waals surface area (Å²) in [7, 11) is 0. The van der Waals surface area contributed by atoms with Gasteiger partial charge in [-0.3, -0.25) is 14.4 Å². The van der Waals surface area contributed by atoms with Crippen LogP contribution in [0.5, 0.6) is 0 Å². The lowest BCUT2D eigenvalue weighted by atomic mass is 9.92. The third-order valence-corrected chi connectivity index (χ3v) is 6.12. The summed E-state index contributed by atoms with van der Waals surface area (Å²) in [6, 6.07) is -0.00568. The Kier molecular flexibility index (Phi) is 8.60. The van der Waals surface area contributed by atoms with Crippen molar-refractivity contribution in [1.29, 1.82) is 0 Å². The van der Waals surface area contributed by atoms with Gasteiger partial charge in [-0.15, -0.1) is 0 Å². The number of aliphatic carboxylic acids is 1. The number of likely N-dealkylation sites (tertiary alicyclic amines) is 1. The quantitative estimate of drug-likeness (QED) is 0.411. The molecule has 3 heterocycles. The van der Waals surface area contributed by atoms with Crippen molar-refractivity contribution >= 4 is 23.7 Å². The van der Waals surface area contributed by atoms with E-state index in [0.29, 0.717) is 31.8 Å². The summed E-state index contributed by atoms with van der Waals surface area (Å²) in [6.07, 6.45) is 6.18. The molecule has 2 aliphatic heterocycles. The van der Waals surface area contributed by atoms with Gasteiger partial charge in [-0.2, -0.15) is 0 Å². The molecule has 3 rings (SSSR count). The van der Waals surface area contributed by atoms with E-state index in [1.807, 2.05) is 0 Å². The van der Waals surface area contributed by atoms with Crippen molar-refractivity contribution in [2.45, 2.75) is 44.6 Å². The molecule has 2 atom stereocenters. The minimum atomic E-state index is -1.32. The molecule has 2 saturated heterocycles. The zero-order chi connectivity index (χ0) is 22.9. The van der Waals surface area contributed by atoms with Crippen LogP contribution in [-0.2, 0) is 14.4 Å². The SMILES string of the molecule is O=C(N[C@H](CNC(=O)[C@@H]1CCCN(C(=O)CCC2CCNCC2)C1)C(=O)O)c1ccno1. The van der Waals surface area contributed by atoms with E-state index in [4.69, 9.17) is 4.52 Å². The second-order valence-corrected chi connectivity index (χ2v) is 8.40. The fourth-order valence-electron chi connectivity index (χ4n) is 4.18. The molecule has 11 nitrogen and oxygen atoms in total. The monoisotopic (exact) mass is 449 g/mol. The molecular weight excluding hydrogens is 418 g/mol. The molecule has 0 bridgehead atoms. The lowest BCUT2D eigenvalue weighted by Gasteiger charge is -2.33. The third kappa shape index (κ3) is 6.78. The van der Waals surface area contributed by atoms with Gasteiger partial charge in [0.15, 0.2) is 0 Å². The molecule has 176 valence electrons. The van der Waals surface area contributed by atoms with Gasteiger partial charge < -0.3 is 30.5 Å². The summed E-state index contributed by atoms with van der Waals surface area (Å²) in [4.78, 5) is 50.5. The van der Waals surface area contributed by atoms with E-state index in [9.17, 15) is 24.3 Å². The van der Waals surface area contributed by atoms with E-state index in [2.05, 4.69) is 21.1 Å². The molecule has 1 aromatic rings. The molecule has 0 spiro atoms. The zero-order valence-electron chi connectivity index (χ0n) is 18.0. The number of aromatic nitrogens is 1. The molecule has 2 aliphatic rings. The normalized spacial score (nSPS) is 20.4. The van der Waals surface area contributed by atoms with Gasteiger partial charge in [0, 0.05) is 32.1 Å². The van der Waals surface area contributed by atoms with Gasteiger partial charge in [-0.05, 0) is 51.1 Å². The van der Waals surface area contributed by atoms with Crippen molar-refractivity contribution in [3.8, 4) is 0 Å². The number of hydrogen-bond acceptors (Lipinski definition) is 7. The Morgan fingerprint density at radius 2 is 2.03 bits per heavy atom. The van der Waals surface area contributed by atoms with Gasteiger partial charge in [0.05, 0.1) is 12.1 Å². The van der Waals surface area contributed by atoms with E-state index in [1.54, 1.807) is 4.90 Å². The maximum absolute atomic E-state index is 12.6. The van der Waals surface area contributed by atoms with E-state index < -0.39 is 23.8 Å². The fraction of sp³-hybridized carbons (Fsp3) is 0.667. The highest BCUT2D eigenvalue weighted by Gasteiger charge is 2.30. The second kappa shape index (κ2) is 11.6. The standard InChI is InChI=1S/C21H31N5O6/c27-18(4-3-14-5-8-22-9-6-14)26-11-1-2-15(13-26)19(28)23-12-16(21(30)31)25-20(29)17-7-10-24-32-17/h7,10,14-16,22H,1-6,8-9,11-13H2,(H,23,28)(H,25,29)(H,30,31)/t15-,16-/m1/s1. The molecule has 0 unspecified atom stereocenters. The maximum Gasteiger partial charge on any atom is 0.328 e. The molecule has 0 saturated carbocycles. The van der Waals surface area contributed by atoms with Crippen molar-refractivity contribution < 1.29 is 28.8 Å². The second-order valence-electron chi connectivity index (χ2n) is 8.40. The number of amides is 3. The molecule has 0 radical (unpaired) electrons. The Hall–Kier alpha value is -2.95. The first-order chi connectivity index (χ1) is 15.4. The Labute approximate surface area is 186 Å². The number of carbonyl (C=O) groups is 4. The fourth-order valence-corrected chi connectivity index (χ4v) is 4.18. The largest absolute Gasteiger partial charge is 0.480 e. The summed E-state index contributed by atoms with van der Waals surface area (Å²) >= 11 is 0. The van der Waals surface area contributed by atoms with Gasteiger partial charge in [-0.1, -0.05) is 5.16 Å². The van der Waals surface area contributed by atoms with E-state index in [0.717, 1.165) is 38.8 Å². The minimum Gasteiger partial charge on any atom is -0.480 e. The third-order valence-electron chi connectivity index (χ3n) is 6.12. The average molecular weight is 450 g/mol. The highest BCUT2D eigenvalue weighted by atomic mass is 16.5. The van der Waals surface area contributed by atoms with Crippen LogP contribution >= 0.6 is 0 Å². The van der Waals surface area contributed by atoms with Crippen LogP contribution in [0, 0.1) is 11.8 Å². The van der Waals surface area contributed by atoms with Crippen LogP contribution in [0.2, 0.25) is 0 Å². The Bertz CT molecular complexity index is 793. The number of hydrogen-bond donors (Lipinski definition) is 4. The van der Waals surface area contributed by atoms with Crippen LogP contribution in [-0.4, -0.2) is 77.6 Å². The highest BCUT2D eigenvalue weighted by molar-refractivity contribution is 5.94. The summed E-state index contributed by atoms with van der Waals surface area (Å²) in [5.41, 5.74) is 0. The molecule has 32 heavy (non-hydrogen) atoms. The van der Waals surface area contributed by atoms with Gasteiger partial charge >= 0.3 is 5.97 Å². The van der Waals surface area contributed by atoms with Crippen molar-refractivity contribution in [3.05, 3.63) is 18.0 Å². The lowest BCUT2D eigenvalue weighted by molar-refractivity contribution is -0.139. The molecule has 3 amide bonds. The van der Waals surface area contributed by atoms with E-state index >= 15 is 0 Å². The van der Waals surface area contributed by atoms with Crippen LogP contribution in [0.4, 0.5) is 0 Å². The van der Waals surface area contributed by atoms with E-state index in [1.165, 1.54) is 12.3 Å². The number of nitrogens with one attached hydrogen (secondary N) is 3. The minimum absolute atomic E-state index is 0.0729. The van der Waals surface area contributed by atoms with Gasteiger partial charge in [0.1, 0.15) is 6.04 Å². The molecule has 0 aromatic carbocycles. The number of rotatable bonds is 9. The Morgan fingerprint density at radius 3 is 2.72 bits per heavy atom. The lowest BCUT2D eigenvalue weighted by Crippen LogP contribution is -2.51. The smallest absolute Gasteiger partial charge is 0.328 e. The van der Waals surface area contributed by atoms with Gasteiger partial charge in [0.25, 0.3) is 5.91 Å². The van der Waals surface area contributed by atoms with Crippen molar-refractivity contribution in [1.82, 2.24) is 26.0 Å². The molecule has 4 N–H and O–H groups in total. The van der Waals surface area contributed by atoms with Crippen LogP contribution in [0.3, 0.4) is 0 Å². The number of carbonyl (C=O) groups excluding carboxylic acids is 3. The average Bonchev–Trinajstić information content (AvgIpc) is 3.35. The Balaban J connectivity index is 1.44. The molecule has 0 aliphatic carbocycles. The Morgan fingerprint density at radius 1 is 1.25 bits per heavy atom. The predicted molar refractivity (Wildman–Crippen MR) is 113 cm³/mol. The molecule has 2 fully saturated rings. The number of piperidine rings is 2. The van der Waals surface area contributed by atoms with Crippen molar-refractivity contribution in [2.75, 3.05) is 32.7 Å². The first kappa shape index (κ1) is 23.7. The highest BCUT2D eigenvalue weighted by Crippen LogP contribution is 2.21. The van der Waals surface area contributed by atoms with Gasteiger partial charge in [0.2, 0.25) is 17.6 Å². The summed E-state index contributed by atoms with van der Waals surface area (Å²) in [5.74, 6) is -2.20. The molecular formula is C21H31N5O6. The van der Waals surface area contributed by atoms with Crippen LogP contribution in [0.15, 0.2) is 16.8 Å². The maximum atomic E-state index is 12.6. The summed E-state index contributed by atoms with van der Waals surface area (Å²) in [6.45, 7) is 2.70. The van der Waals surface area contributed by atoms with E-state index in [-0.39, 0.29) is 24.1 Å². The summed E-state index contributed by atoms with van der Waals surface area (Å²) < 4.78 is 4.71. The molecule has 1 aromatic heterocycles. The van der Waals surface area contributed by atoms with Gasteiger partial charge in [-0.25, -0.2) is 4.79 Å².